The highest BCUT2D eigenvalue weighted by Gasteiger charge is 2.17. The number of carbonyl (C=O) groups is 1. The molecule has 2 aromatic carbocycles. The lowest BCUT2D eigenvalue weighted by Gasteiger charge is -2.11. The van der Waals surface area contributed by atoms with E-state index in [0.29, 0.717) is 28.3 Å². The van der Waals surface area contributed by atoms with Gasteiger partial charge in [0.2, 0.25) is 0 Å². The number of nitrogens with one attached hydrogen (secondary N) is 3. The molecule has 8 heteroatoms. The first-order valence-corrected chi connectivity index (χ1v) is 9.28. The number of nitrogens with two attached hydrogens (primary N) is 1. The summed E-state index contributed by atoms with van der Waals surface area (Å²) in [6, 6.07) is 12.9. The lowest BCUT2D eigenvalue weighted by molar-refractivity contribution is 0.102. The number of nitrogen functional groups attached to an aromatic ring is 1. The Morgan fingerprint density at radius 2 is 2.03 bits per heavy atom. The van der Waals surface area contributed by atoms with Gasteiger partial charge < -0.3 is 20.8 Å². The number of anilines is 2. The minimum atomic E-state index is -0.267. The van der Waals surface area contributed by atoms with Crippen molar-refractivity contribution < 1.29 is 9.53 Å². The normalized spacial score (nSPS) is 11.1. The van der Waals surface area contributed by atoms with Crippen LogP contribution in [0.3, 0.4) is 0 Å². The van der Waals surface area contributed by atoms with Gasteiger partial charge in [-0.2, -0.15) is 5.10 Å². The molecule has 0 saturated heterocycles. The number of carbonyl (C=O) groups excluding carboxylic acids is 1. The Kier molecular flexibility index (Phi) is 4.10. The number of hydrogen-bond acceptors (Lipinski definition) is 5. The number of benzene rings is 2. The fourth-order valence-electron chi connectivity index (χ4n) is 3.61. The van der Waals surface area contributed by atoms with Crippen LogP contribution < -0.4 is 15.8 Å². The van der Waals surface area contributed by atoms with Crippen LogP contribution in [0, 0.1) is 0 Å². The van der Waals surface area contributed by atoms with Gasteiger partial charge in [0.25, 0.3) is 5.91 Å². The van der Waals surface area contributed by atoms with E-state index >= 15 is 0 Å². The van der Waals surface area contributed by atoms with E-state index < -0.39 is 0 Å². The number of pyridine rings is 1. The van der Waals surface area contributed by atoms with Crippen molar-refractivity contribution in [2.75, 3.05) is 18.2 Å². The summed E-state index contributed by atoms with van der Waals surface area (Å²) in [6.45, 7) is 0. The highest BCUT2D eigenvalue weighted by molar-refractivity contribution is 6.14. The summed E-state index contributed by atoms with van der Waals surface area (Å²) >= 11 is 0. The Hall–Kier alpha value is -4.33. The van der Waals surface area contributed by atoms with Gasteiger partial charge in [-0.1, -0.05) is 12.1 Å². The number of methoxy groups -OCH3 is 1. The molecule has 148 valence electrons. The van der Waals surface area contributed by atoms with Gasteiger partial charge in [-0.15, -0.1) is 0 Å². The van der Waals surface area contributed by atoms with Crippen LogP contribution in [-0.2, 0) is 0 Å². The van der Waals surface area contributed by atoms with E-state index in [1.165, 1.54) is 0 Å². The Bertz CT molecular complexity index is 1400. The number of hydrogen-bond donors (Lipinski definition) is 4. The van der Waals surface area contributed by atoms with Gasteiger partial charge in [0.1, 0.15) is 11.6 Å². The van der Waals surface area contributed by atoms with Crippen molar-refractivity contribution in [3.8, 4) is 16.9 Å². The third kappa shape index (κ3) is 2.91. The van der Waals surface area contributed by atoms with Crippen LogP contribution in [0.1, 0.15) is 10.4 Å². The lowest BCUT2D eigenvalue weighted by Crippen LogP contribution is -2.13. The second-order valence-electron chi connectivity index (χ2n) is 6.87. The zero-order chi connectivity index (χ0) is 20.7. The summed E-state index contributed by atoms with van der Waals surface area (Å²) in [4.78, 5) is 20.5. The van der Waals surface area contributed by atoms with Crippen LogP contribution in [-0.4, -0.2) is 33.2 Å². The second kappa shape index (κ2) is 6.93. The predicted molar refractivity (Wildman–Crippen MR) is 117 cm³/mol. The third-order valence-corrected chi connectivity index (χ3v) is 5.05. The molecule has 1 amide bonds. The van der Waals surface area contributed by atoms with Gasteiger partial charge in [-0.05, 0) is 35.9 Å². The molecule has 8 nitrogen and oxygen atoms in total. The van der Waals surface area contributed by atoms with E-state index in [-0.39, 0.29) is 5.91 Å². The van der Waals surface area contributed by atoms with Crippen molar-refractivity contribution in [1.82, 2.24) is 20.2 Å². The van der Waals surface area contributed by atoms with Crippen LogP contribution in [0.2, 0.25) is 0 Å². The van der Waals surface area contributed by atoms with Crippen LogP contribution in [0.25, 0.3) is 32.9 Å². The molecule has 5 aromatic rings. The molecule has 0 atom stereocenters. The topological polar surface area (TPSA) is 122 Å². The van der Waals surface area contributed by atoms with E-state index in [4.69, 9.17) is 10.5 Å². The first kappa shape index (κ1) is 17.7. The predicted octanol–water partition coefficient (Wildman–Crippen LogP) is 3.95. The van der Waals surface area contributed by atoms with Gasteiger partial charge in [0, 0.05) is 22.5 Å². The average Bonchev–Trinajstić information content (AvgIpc) is 3.39. The first-order chi connectivity index (χ1) is 14.6. The number of aromatic nitrogens is 4. The van der Waals surface area contributed by atoms with E-state index in [1.807, 2.05) is 36.5 Å². The third-order valence-electron chi connectivity index (χ3n) is 5.05. The zero-order valence-electron chi connectivity index (χ0n) is 16.1. The molecule has 0 aliphatic carbocycles. The SMILES string of the molecule is COc1ccccc1NC(=O)c1cc(-c2c[nH]c3cnc(N)cc23)cc2cn[nH]c12. The maximum Gasteiger partial charge on any atom is 0.257 e. The van der Waals surface area contributed by atoms with Crippen molar-refractivity contribution in [1.29, 1.82) is 0 Å². The molecule has 0 bridgehead atoms. The Labute approximate surface area is 171 Å². The van der Waals surface area contributed by atoms with Crippen molar-refractivity contribution in [2.45, 2.75) is 0 Å². The molecule has 0 saturated carbocycles. The van der Waals surface area contributed by atoms with Crippen molar-refractivity contribution in [3.05, 3.63) is 66.6 Å². The first-order valence-electron chi connectivity index (χ1n) is 9.28. The van der Waals surface area contributed by atoms with Crippen molar-refractivity contribution >= 4 is 39.2 Å². The van der Waals surface area contributed by atoms with Gasteiger partial charge in [0.05, 0.1) is 41.8 Å². The van der Waals surface area contributed by atoms with Crippen molar-refractivity contribution in [3.63, 3.8) is 0 Å². The smallest absolute Gasteiger partial charge is 0.257 e. The number of para-hydroxylation sites is 2. The molecule has 0 unspecified atom stereocenters. The molecule has 0 aliphatic rings. The Morgan fingerprint density at radius 3 is 2.90 bits per heavy atom. The summed E-state index contributed by atoms with van der Waals surface area (Å²) in [5, 5.41) is 11.7. The molecule has 5 rings (SSSR count). The van der Waals surface area contributed by atoms with Crippen LogP contribution >= 0.6 is 0 Å². The highest BCUT2D eigenvalue weighted by atomic mass is 16.5. The molecule has 0 fully saturated rings. The van der Waals surface area contributed by atoms with Gasteiger partial charge in [-0.25, -0.2) is 4.98 Å². The molecule has 3 heterocycles. The van der Waals surface area contributed by atoms with E-state index in [9.17, 15) is 4.79 Å². The maximum atomic E-state index is 13.2. The molecule has 0 aliphatic heterocycles. The molecule has 3 aromatic heterocycles. The fraction of sp³-hybridized carbons (Fsp3) is 0.0455. The van der Waals surface area contributed by atoms with Crippen LogP contribution in [0.15, 0.2) is 61.1 Å². The van der Waals surface area contributed by atoms with E-state index in [2.05, 4.69) is 25.5 Å². The molecular weight excluding hydrogens is 380 g/mol. The standard InChI is InChI=1S/C22H18N6O2/c1-30-19-5-3-2-4-17(19)27-22(29)15-7-12(6-13-9-26-28-21(13)15)16-10-24-18-11-25-20(23)8-14(16)18/h2-11,24H,1H3,(H2,23,25)(H,26,28)(H,27,29). The average molecular weight is 398 g/mol. The van der Waals surface area contributed by atoms with Crippen molar-refractivity contribution in [2.24, 2.45) is 0 Å². The summed E-state index contributed by atoms with van der Waals surface area (Å²) in [5.41, 5.74) is 10.3. The fourth-order valence-corrected chi connectivity index (χ4v) is 3.61. The Morgan fingerprint density at radius 1 is 1.17 bits per heavy atom. The van der Waals surface area contributed by atoms with E-state index in [0.717, 1.165) is 27.4 Å². The zero-order valence-corrected chi connectivity index (χ0v) is 16.1. The van der Waals surface area contributed by atoms with Crippen LogP contribution in [0.5, 0.6) is 5.75 Å². The van der Waals surface area contributed by atoms with Gasteiger partial charge in [-0.3, -0.25) is 9.89 Å². The number of fused-ring (bicyclic) bond motifs is 2. The number of rotatable bonds is 4. The quantitative estimate of drug-likeness (QED) is 0.365. The largest absolute Gasteiger partial charge is 0.495 e. The lowest BCUT2D eigenvalue weighted by atomic mass is 9.99. The molecule has 5 N–H and O–H groups in total. The van der Waals surface area contributed by atoms with Crippen LogP contribution in [0.4, 0.5) is 11.5 Å². The summed E-state index contributed by atoms with van der Waals surface area (Å²) in [6.07, 6.45) is 5.28. The monoisotopic (exact) mass is 398 g/mol. The number of ether oxygens (including phenoxy) is 1. The van der Waals surface area contributed by atoms with E-state index in [1.54, 1.807) is 31.6 Å². The summed E-state index contributed by atoms with van der Waals surface area (Å²) < 4.78 is 5.34. The minimum Gasteiger partial charge on any atom is -0.495 e. The Balaban J connectivity index is 1.63. The second-order valence-corrected chi connectivity index (χ2v) is 6.87. The number of H-pyrrole nitrogens is 2. The highest BCUT2D eigenvalue weighted by Crippen LogP contribution is 2.33. The molecule has 0 spiro atoms. The number of amides is 1. The summed E-state index contributed by atoms with van der Waals surface area (Å²) in [5.74, 6) is 0.751. The molecular formula is C22H18N6O2. The molecule has 30 heavy (non-hydrogen) atoms. The maximum absolute atomic E-state index is 13.2. The van der Waals surface area contributed by atoms with Gasteiger partial charge in [0.15, 0.2) is 0 Å². The number of aromatic amines is 2. The number of nitrogens with zero attached hydrogens (tertiary/aromatic N) is 2. The van der Waals surface area contributed by atoms with Gasteiger partial charge >= 0.3 is 0 Å². The summed E-state index contributed by atoms with van der Waals surface area (Å²) in [7, 11) is 1.57. The molecule has 0 radical (unpaired) electrons. The minimum absolute atomic E-state index is 0.267.